The first kappa shape index (κ1) is 17.2. The number of rotatable bonds is 4. The van der Waals surface area contributed by atoms with Gasteiger partial charge in [-0.25, -0.2) is 13.8 Å². The Bertz CT molecular complexity index is 937. The van der Waals surface area contributed by atoms with Crippen LogP contribution in [-0.2, 0) is 11.2 Å². The maximum Gasteiger partial charge on any atom is 0.282 e. The second-order valence-corrected chi connectivity index (χ2v) is 6.54. The lowest BCUT2D eigenvalue weighted by atomic mass is 10.1. The van der Waals surface area contributed by atoms with Gasteiger partial charge in [0.25, 0.3) is 5.91 Å². The smallest absolute Gasteiger partial charge is 0.282 e. The molecule has 2 aliphatic rings. The average Bonchev–Trinajstić information content (AvgIpc) is 2.98. The first-order valence-corrected chi connectivity index (χ1v) is 8.63. The van der Waals surface area contributed by atoms with Gasteiger partial charge in [-0.2, -0.15) is 0 Å². The normalized spacial score (nSPS) is 17.5. The van der Waals surface area contributed by atoms with E-state index in [2.05, 4.69) is 17.0 Å². The van der Waals surface area contributed by atoms with Crippen LogP contribution in [-0.4, -0.2) is 34.9 Å². The summed E-state index contributed by atoms with van der Waals surface area (Å²) in [6.45, 7) is 3.81. The number of pyridine rings is 1. The standard InChI is InChI=1S/C20H18F2N4O/c1-13(21)20(27)25-11-15(12-25)26-19-16(6-4-10-23-19)18(24-26)9-8-14-5-2-3-7-17(14)22/h2-7,9-10,15,24H,1,8,11-12H2/b18-9+. The molecule has 4 rings (SSSR count). The van der Waals surface area contributed by atoms with Gasteiger partial charge in [-0.15, -0.1) is 0 Å². The van der Waals surface area contributed by atoms with Crippen molar-refractivity contribution in [1.29, 1.82) is 0 Å². The summed E-state index contributed by atoms with van der Waals surface area (Å²) in [7, 11) is 0. The predicted octanol–water partition coefficient (Wildman–Crippen LogP) is 2.82. The van der Waals surface area contributed by atoms with Crippen molar-refractivity contribution in [3.05, 3.63) is 78.0 Å². The fourth-order valence-corrected chi connectivity index (χ4v) is 3.29. The Kier molecular flexibility index (Phi) is 4.35. The number of anilines is 1. The molecule has 0 spiro atoms. The minimum absolute atomic E-state index is 0.0266. The van der Waals surface area contributed by atoms with Crippen molar-refractivity contribution in [2.24, 2.45) is 0 Å². The zero-order valence-electron chi connectivity index (χ0n) is 14.5. The highest BCUT2D eigenvalue weighted by Crippen LogP contribution is 2.33. The number of likely N-dealkylation sites (tertiary alicyclic amines) is 1. The molecule has 1 fully saturated rings. The maximum atomic E-state index is 13.9. The molecule has 1 N–H and O–H groups in total. The van der Waals surface area contributed by atoms with Crippen LogP contribution in [0, 0.1) is 5.82 Å². The number of hydrogen-bond acceptors (Lipinski definition) is 4. The summed E-state index contributed by atoms with van der Waals surface area (Å²) in [5, 5.41) is 1.88. The van der Waals surface area contributed by atoms with Gasteiger partial charge in [0.15, 0.2) is 11.6 Å². The van der Waals surface area contributed by atoms with E-state index in [1.165, 1.54) is 11.0 Å². The summed E-state index contributed by atoms with van der Waals surface area (Å²) in [6.07, 6.45) is 4.05. The molecule has 138 valence electrons. The summed E-state index contributed by atoms with van der Waals surface area (Å²) < 4.78 is 26.9. The Balaban J connectivity index is 1.52. The lowest BCUT2D eigenvalue weighted by Gasteiger charge is -2.43. The van der Waals surface area contributed by atoms with Gasteiger partial charge in [0.2, 0.25) is 0 Å². The molecule has 1 aromatic heterocycles. The molecule has 0 atom stereocenters. The van der Waals surface area contributed by atoms with E-state index >= 15 is 0 Å². The molecular formula is C20H18F2N4O. The number of fused-ring (bicyclic) bond motifs is 1. The molecule has 2 aromatic rings. The van der Waals surface area contributed by atoms with Crippen LogP contribution in [0.1, 0.15) is 11.1 Å². The number of aromatic nitrogens is 1. The second kappa shape index (κ2) is 6.83. The van der Waals surface area contributed by atoms with Crippen LogP contribution in [0.4, 0.5) is 14.6 Å². The second-order valence-electron chi connectivity index (χ2n) is 6.54. The lowest BCUT2D eigenvalue weighted by Crippen LogP contribution is -2.63. The van der Waals surface area contributed by atoms with Crippen LogP contribution in [0.25, 0.3) is 5.70 Å². The fraction of sp³-hybridized carbons (Fsp3) is 0.200. The molecule has 0 unspecified atom stereocenters. The van der Waals surface area contributed by atoms with Gasteiger partial charge >= 0.3 is 0 Å². The third-order valence-electron chi connectivity index (χ3n) is 4.78. The van der Waals surface area contributed by atoms with Gasteiger partial charge in [-0.3, -0.25) is 15.2 Å². The Morgan fingerprint density at radius 2 is 2.07 bits per heavy atom. The van der Waals surface area contributed by atoms with Crippen molar-refractivity contribution in [1.82, 2.24) is 15.3 Å². The van der Waals surface area contributed by atoms with E-state index in [1.807, 2.05) is 23.2 Å². The van der Waals surface area contributed by atoms with Crippen LogP contribution in [0.5, 0.6) is 0 Å². The molecule has 3 heterocycles. The number of nitrogens with one attached hydrogen (secondary N) is 1. The van der Waals surface area contributed by atoms with E-state index in [4.69, 9.17) is 0 Å². The number of hydrazine groups is 1. The summed E-state index contributed by atoms with van der Waals surface area (Å²) in [6, 6.07) is 10.4. The molecular weight excluding hydrogens is 350 g/mol. The van der Waals surface area contributed by atoms with E-state index in [9.17, 15) is 13.6 Å². The van der Waals surface area contributed by atoms with Crippen LogP contribution in [0.2, 0.25) is 0 Å². The van der Waals surface area contributed by atoms with Gasteiger partial charge in [0, 0.05) is 24.8 Å². The van der Waals surface area contributed by atoms with E-state index in [0.717, 1.165) is 17.1 Å². The molecule has 0 aliphatic carbocycles. The highest BCUT2D eigenvalue weighted by atomic mass is 19.1. The van der Waals surface area contributed by atoms with E-state index in [1.54, 1.807) is 24.4 Å². The molecule has 5 nitrogen and oxygen atoms in total. The number of benzene rings is 1. The highest BCUT2D eigenvalue weighted by molar-refractivity contribution is 5.91. The molecule has 27 heavy (non-hydrogen) atoms. The molecule has 0 bridgehead atoms. The van der Waals surface area contributed by atoms with Crippen molar-refractivity contribution in [2.45, 2.75) is 12.5 Å². The van der Waals surface area contributed by atoms with Gasteiger partial charge in [0.1, 0.15) is 5.82 Å². The van der Waals surface area contributed by atoms with Crippen molar-refractivity contribution in [3.8, 4) is 0 Å². The number of allylic oxidation sites excluding steroid dienone is 1. The topological polar surface area (TPSA) is 48.5 Å². The van der Waals surface area contributed by atoms with Gasteiger partial charge in [-0.05, 0) is 30.2 Å². The Morgan fingerprint density at radius 3 is 2.81 bits per heavy atom. The Labute approximate surface area is 155 Å². The molecule has 1 aromatic carbocycles. The molecule has 7 heteroatoms. The van der Waals surface area contributed by atoms with Crippen molar-refractivity contribution in [3.63, 3.8) is 0 Å². The molecule has 1 saturated heterocycles. The zero-order valence-corrected chi connectivity index (χ0v) is 14.5. The highest BCUT2D eigenvalue weighted by Gasteiger charge is 2.40. The molecule has 2 aliphatic heterocycles. The summed E-state index contributed by atoms with van der Waals surface area (Å²) in [5.74, 6) is -1.13. The maximum absolute atomic E-state index is 13.9. The Morgan fingerprint density at radius 1 is 1.30 bits per heavy atom. The lowest BCUT2D eigenvalue weighted by molar-refractivity contribution is -0.132. The third-order valence-corrected chi connectivity index (χ3v) is 4.78. The van der Waals surface area contributed by atoms with E-state index in [-0.39, 0.29) is 11.9 Å². The fourth-order valence-electron chi connectivity index (χ4n) is 3.29. The molecule has 1 amide bonds. The largest absolute Gasteiger partial charge is 0.332 e. The van der Waals surface area contributed by atoms with Crippen LogP contribution in [0.3, 0.4) is 0 Å². The first-order valence-electron chi connectivity index (χ1n) is 8.63. The van der Waals surface area contributed by atoms with Crippen molar-refractivity contribution >= 4 is 17.4 Å². The first-order chi connectivity index (χ1) is 13.0. The minimum Gasteiger partial charge on any atom is -0.332 e. The summed E-state index contributed by atoms with van der Waals surface area (Å²) in [5.41, 5.74) is 5.65. The SMILES string of the molecule is C=C(F)C(=O)N1CC(N2N/C(=C/Cc3ccccc3F)c3cccnc32)C1. The van der Waals surface area contributed by atoms with Crippen LogP contribution in [0.15, 0.2) is 61.1 Å². The predicted molar refractivity (Wildman–Crippen MR) is 98.5 cm³/mol. The number of carbonyl (C=O) groups is 1. The number of amides is 1. The van der Waals surface area contributed by atoms with E-state index in [0.29, 0.717) is 25.1 Å². The number of halogens is 2. The van der Waals surface area contributed by atoms with Gasteiger partial charge in [0.05, 0.1) is 11.7 Å². The van der Waals surface area contributed by atoms with Crippen LogP contribution < -0.4 is 10.4 Å². The number of nitrogens with zero attached hydrogens (tertiary/aromatic N) is 3. The van der Waals surface area contributed by atoms with Gasteiger partial charge in [-0.1, -0.05) is 30.9 Å². The minimum atomic E-state index is -0.952. The summed E-state index contributed by atoms with van der Waals surface area (Å²) in [4.78, 5) is 17.5. The van der Waals surface area contributed by atoms with Gasteiger partial charge < -0.3 is 4.90 Å². The quantitative estimate of drug-likeness (QED) is 0.844. The van der Waals surface area contributed by atoms with Crippen LogP contribution >= 0.6 is 0 Å². The zero-order chi connectivity index (χ0) is 19.0. The summed E-state index contributed by atoms with van der Waals surface area (Å²) >= 11 is 0. The van der Waals surface area contributed by atoms with E-state index < -0.39 is 11.7 Å². The average molecular weight is 368 g/mol. The number of hydrogen-bond donors (Lipinski definition) is 1. The number of carbonyl (C=O) groups excluding carboxylic acids is 1. The van der Waals surface area contributed by atoms with Crippen molar-refractivity contribution in [2.75, 3.05) is 18.1 Å². The molecule has 0 radical (unpaired) electrons. The monoisotopic (exact) mass is 368 g/mol. The third kappa shape index (κ3) is 3.16. The Hall–Kier alpha value is -3.22. The molecule has 0 saturated carbocycles. The van der Waals surface area contributed by atoms with Crippen molar-refractivity contribution < 1.29 is 13.6 Å².